The highest BCUT2D eigenvalue weighted by Gasteiger charge is 2.65. The fourth-order valence-electron chi connectivity index (χ4n) is 10.4. The molecule has 4 aliphatic rings. The maximum Gasteiger partial charge on any atom is 0.306 e. The molecule has 0 aromatic rings. The fraction of sp³-hybridized carbons (Fsp3) is 0.750. The first-order valence-corrected chi connectivity index (χ1v) is 20.5. The predicted octanol–water partition coefficient (Wildman–Crippen LogP) is 9.81. The van der Waals surface area contributed by atoms with Crippen LogP contribution in [0.2, 0.25) is 0 Å². The lowest BCUT2D eigenvalue weighted by atomic mass is 9.46. The summed E-state index contributed by atoms with van der Waals surface area (Å²) in [4.78, 5) is 64.7. The molecule has 0 amide bonds. The highest BCUT2D eigenvalue weighted by molar-refractivity contribution is 6.02. The van der Waals surface area contributed by atoms with Crippen LogP contribution >= 0.6 is 0 Å². The molecule has 0 aromatic heterocycles. The third-order valence-corrected chi connectivity index (χ3v) is 12.9. The molecule has 0 saturated heterocycles. The van der Waals surface area contributed by atoms with Gasteiger partial charge in [0, 0.05) is 23.7 Å². The summed E-state index contributed by atoms with van der Waals surface area (Å²) in [6, 6.07) is 0. The van der Waals surface area contributed by atoms with E-state index in [9.17, 15) is 24.0 Å². The number of carbonyl (C=O) groups excluding carboxylic acids is 5. The van der Waals surface area contributed by atoms with Gasteiger partial charge < -0.3 is 9.47 Å². The molecule has 7 heteroatoms. The Kier molecular flexibility index (Phi) is 15.9. The van der Waals surface area contributed by atoms with E-state index in [-0.39, 0.29) is 66.4 Å². The number of ether oxygens (including phenoxy) is 2. The summed E-state index contributed by atoms with van der Waals surface area (Å²) in [5.41, 5.74) is 0.173. The number of ketones is 3. The smallest absolute Gasteiger partial charge is 0.306 e. The number of carbonyl (C=O) groups is 5. The number of rotatable bonds is 22. The van der Waals surface area contributed by atoms with E-state index in [0.29, 0.717) is 13.0 Å². The van der Waals surface area contributed by atoms with Crippen LogP contribution in [0.5, 0.6) is 0 Å². The summed E-state index contributed by atoms with van der Waals surface area (Å²) < 4.78 is 10.7. The van der Waals surface area contributed by atoms with Gasteiger partial charge in [-0.2, -0.15) is 0 Å². The number of allylic oxidation sites excluding steroid dienone is 6. The third-order valence-electron chi connectivity index (χ3n) is 12.9. The normalized spacial score (nSPS) is 29.7. The van der Waals surface area contributed by atoms with Crippen molar-refractivity contribution >= 4 is 29.3 Å². The van der Waals surface area contributed by atoms with Crippen LogP contribution in [0.15, 0.2) is 36.0 Å². The van der Waals surface area contributed by atoms with Crippen LogP contribution in [0.25, 0.3) is 0 Å². The Morgan fingerprint density at radius 1 is 0.863 bits per heavy atom. The molecule has 0 bridgehead atoms. The Balaban J connectivity index is 1.11. The number of fused-ring (bicyclic) bond motifs is 5. The average molecular weight is 707 g/mol. The van der Waals surface area contributed by atoms with Crippen molar-refractivity contribution in [3.05, 3.63) is 36.0 Å². The summed E-state index contributed by atoms with van der Waals surface area (Å²) in [5, 5.41) is 0. The second kappa shape index (κ2) is 19.9. The van der Waals surface area contributed by atoms with Gasteiger partial charge in [-0.25, -0.2) is 0 Å². The zero-order valence-electron chi connectivity index (χ0n) is 32.2. The van der Waals surface area contributed by atoms with Gasteiger partial charge in [0.1, 0.15) is 12.4 Å². The zero-order chi connectivity index (χ0) is 36.9. The van der Waals surface area contributed by atoms with Crippen molar-refractivity contribution < 1.29 is 33.4 Å². The van der Waals surface area contributed by atoms with Crippen LogP contribution in [0.3, 0.4) is 0 Å². The summed E-state index contributed by atoms with van der Waals surface area (Å²) in [6.45, 7) is 8.57. The van der Waals surface area contributed by atoms with E-state index in [0.717, 1.165) is 56.9 Å². The van der Waals surface area contributed by atoms with Crippen LogP contribution in [0.4, 0.5) is 0 Å². The van der Waals surface area contributed by atoms with Gasteiger partial charge in [-0.15, -0.1) is 0 Å². The van der Waals surface area contributed by atoms with Crippen molar-refractivity contribution in [2.75, 3.05) is 13.2 Å². The number of unbranched alkanes of at least 4 members (excludes halogenated alkanes) is 11. The van der Waals surface area contributed by atoms with Gasteiger partial charge in [-0.05, 0) is 93.1 Å². The molecule has 0 N–H and O–H groups in total. The van der Waals surface area contributed by atoms with Gasteiger partial charge >= 0.3 is 11.9 Å². The Bertz CT molecular complexity index is 1310. The predicted molar refractivity (Wildman–Crippen MR) is 201 cm³/mol. The van der Waals surface area contributed by atoms with E-state index in [1.54, 1.807) is 12.2 Å². The Hall–Kier alpha value is -2.83. The van der Waals surface area contributed by atoms with E-state index in [1.807, 2.05) is 6.08 Å². The van der Waals surface area contributed by atoms with E-state index >= 15 is 0 Å². The molecule has 0 radical (unpaired) electrons. The number of esters is 2. The summed E-state index contributed by atoms with van der Waals surface area (Å²) >= 11 is 0. The molecule has 51 heavy (non-hydrogen) atoms. The van der Waals surface area contributed by atoms with Crippen LogP contribution in [-0.2, 0) is 33.4 Å². The molecule has 3 saturated carbocycles. The number of hydrogen-bond donors (Lipinski definition) is 0. The molecule has 0 heterocycles. The molecule has 4 rings (SSSR count). The largest absolute Gasteiger partial charge is 0.466 e. The number of Topliss-reactive ketones (excluding diaryl/α,β-unsaturated/α-hetero) is 2. The number of hydrogen-bond acceptors (Lipinski definition) is 7. The minimum absolute atomic E-state index is 0.00691. The first kappa shape index (κ1) is 40.9. The lowest BCUT2D eigenvalue weighted by molar-refractivity contribution is -0.156. The van der Waals surface area contributed by atoms with Crippen molar-refractivity contribution in [1.29, 1.82) is 0 Å². The second-order valence-electron chi connectivity index (χ2n) is 16.3. The minimum atomic E-state index is -0.576. The van der Waals surface area contributed by atoms with Gasteiger partial charge in [0.2, 0.25) is 0 Å². The molecule has 0 aromatic carbocycles. The van der Waals surface area contributed by atoms with Crippen molar-refractivity contribution in [1.82, 2.24) is 0 Å². The molecule has 7 nitrogen and oxygen atoms in total. The SMILES string of the molecule is CCCCCCC/C=C\CCCCCCCCOC(=O)CCC(=O)OCC(=O)[C@H]1[C@H](C)C[C@H]2[C@@H]3CCC4=CC(=O)C=C[C@]4(C)[C@H]3C(=O)CC21CC. The first-order valence-electron chi connectivity index (χ1n) is 20.5. The standard InChI is InChI=1S/C44H66O7/c1-5-7-8-9-10-11-12-13-14-15-16-17-18-19-20-27-50-39(48)23-24-40(49)51-31-38(47)41-32(3)28-36-35-22-21-33-29-34(45)25-26-43(33,4)42(35)37(46)30-44(36,41)6-2/h12-13,25-26,29,32,35-36,41-42H,5-11,14-24,27-28,30-31H2,1-4H3/b13-12-/t32-,35+,36+,41-,42-,43+,44?/m1/s1. The lowest BCUT2D eigenvalue weighted by Crippen LogP contribution is -2.55. The van der Waals surface area contributed by atoms with Crippen LogP contribution in [0.1, 0.15) is 156 Å². The fourth-order valence-corrected chi connectivity index (χ4v) is 10.4. The molecule has 0 aliphatic heterocycles. The average Bonchev–Trinajstić information content (AvgIpc) is 3.41. The highest BCUT2D eigenvalue weighted by Crippen LogP contribution is 2.67. The maximum atomic E-state index is 14.0. The second-order valence-corrected chi connectivity index (χ2v) is 16.3. The van der Waals surface area contributed by atoms with Gasteiger partial charge in [0.05, 0.1) is 19.4 Å². The van der Waals surface area contributed by atoms with Crippen LogP contribution in [0, 0.1) is 40.4 Å². The van der Waals surface area contributed by atoms with Gasteiger partial charge in [0.15, 0.2) is 11.6 Å². The molecule has 4 aliphatic carbocycles. The highest BCUT2D eigenvalue weighted by atomic mass is 16.5. The lowest BCUT2D eigenvalue weighted by Gasteiger charge is -2.56. The van der Waals surface area contributed by atoms with Crippen molar-refractivity contribution in [2.45, 2.75) is 156 Å². The van der Waals surface area contributed by atoms with E-state index in [1.165, 1.54) is 57.8 Å². The van der Waals surface area contributed by atoms with Crippen LogP contribution < -0.4 is 0 Å². The Labute approximate surface area is 307 Å². The molecular weight excluding hydrogens is 640 g/mol. The van der Waals surface area contributed by atoms with Gasteiger partial charge in [0.25, 0.3) is 0 Å². The topological polar surface area (TPSA) is 104 Å². The maximum absolute atomic E-state index is 14.0. The van der Waals surface area contributed by atoms with Gasteiger partial charge in [-0.1, -0.05) is 103 Å². The van der Waals surface area contributed by atoms with Crippen LogP contribution in [-0.4, -0.2) is 42.5 Å². The molecule has 3 fully saturated rings. The third kappa shape index (κ3) is 10.4. The summed E-state index contributed by atoms with van der Waals surface area (Å²) in [5.74, 6) is -0.998. The molecule has 0 spiro atoms. The Morgan fingerprint density at radius 3 is 2.16 bits per heavy atom. The van der Waals surface area contributed by atoms with E-state index in [4.69, 9.17) is 9.47 Å². The zero-order valence-corrected chi connectivity index (χ0v) is 32.2. The van der Waals surface area contributed by atoms with Crippen molar-refractivity contribution in [3.63, 3.8) is 0 Å². The van der Waals surface area contributed by atoms with Crippen molar-refractivity contribution in [2.24, 2.45) is 40.4 Å². The summed E-state index contributed by atoms with van der Waals surface area (Å²) in [7, 11) is 0. The quantitative estimate of drug-likeness (QED) is 0.0627. The van der Waals surface area contributed by atoms with E-state index in [2.05, 4.69) is 39.8 Å². The molecule has 7 atom stereocenters. The molecule has 284 valence electrons. The Morgan fingerprint density at radius 2 is 1.49 bits per heavy atom. The monoisotopic (exact) mass is 706 g/mol. The van der Waals surface area contributed by atoms with Gasteiger partial charge in [-0.3, -0.25) is 24.0 Å². The first-order chi connectivity index (χ1) is 24.6. The molecule has 1 unspecified atom stereocenters. The van der Waals surface area contributed by atoms with E-state index < -0.39 is 22.8 Å². The molecular formula is C44H66O7. The minimum Gasteiger partial charge on any atom is -0.466 e. The van der Waals surface area contributed by atoms with Crippen molar-refractivity contribution in [3.8, 4) is 0 Å². The summed E-state index contributed by atoms with van der Waals surface area (Å²) in [6.07, 6.45) is 29.0.